The predicted molar refractivity (Wildman–Crippen MR) is 73.3 cm³/mol. The molecular formula is C15H13NO4. The van der Waals surface area contributed by atoms with Gasteiger partial charge in [-0.2, -0.15) is 0 Å². The zero-order chi connectivity index (χ0) is 14.4. The highest BCUT2D eigenvalue weighted by Crippen LogP contribution is 2.15. The highest BCUT2D eigenvalue weighted by atomic mass is 16.5. The Labute approximate surface area is 115 Å². The van der Waals surface area contributed by atoms with Gasteiger partial charge in [0, 0.05) is 18.3 Å². The van der Waals surface area contributed by atoms with Crippen LogP contribution in [-0.4, -0.2) is 21.2 Å². The molecule has 2 aromatic rings. The second-order valence-electron chi connectivity index (χ2n) is 4.03. The fourth-order valence-electron chi connectivity index (χ4n) is 1.54. The van der Waals surface area contributed by atoms with Crippen LogP contribution < -0.4 is 4.74 Å². The fraction of sp³-hybridized carbons (Fsp3) is 0.0667. The van der Waals surface area contributed by atoms with E-state index < -0.39 is 11.7 Å². The van der Waals surface area contributed by atoms with Crippen LogP contribution >= 0.6 is 0 Å². The van der Waals surface area contributed by atoms with Crippen molar-refractivity contribution >= 4 is 12.0 Å². The number of hydrogen-bond acceptors (Lipinski definition) is 4. The van der Waals surface area contributed by atoms with Crippen LogP contribution in [0.2, 0.25) is 0 Å². The quantitative estimate of drug-likeness (QED) is 0.645. The van der Waals surface area contributed by atoms with Gasteiger partial charge >= 0.3 is 5.97 Å². The van der Waals surface area contributed by atoms with E-state index in [1.807, 2.05) is 30.3 Å². The lowest BCUT2D eigenvalue weighted by atomic mass is 10.2. The van der Waals surface area contributed by atoms with Crippen molar-refractivity contribution in [1.29, 1.82) is 0 Å². The summed E-state index contributed by atoms with van der Waals surface area (Å²) in [4.78, 5) is 14.5. The van der Waals surface area contributed by atoms with Crippen LogP contribution in [0.15, 0.2) is 54.4 Å². The number of carboxylic acid groups (broad SMARTS) is 1. The Balaban J connectivity index is 2.07. The summed E-state index contributed by atoms with van der Waals surface area (Å²) in [5.74, 6) is -1.62. The summed E-state index contributed by atoms with van der Waals surface area (Å²) in [5.41, 5.74) is 1.34. The number of carbonyl (C=O) groups is 1. The third-order valence-corrected chi connectivity index (χ3v) is 2.50. The van der Waals surface area contributed by atoms with Crippen LogP contribution in [0.5, 0.6) is 5.75 Å². The molecule has 5 nitrogen and oxygen atoms in total. The van der Waals surface area contributed by atoms with Crippen molar-refractivity contribution < 1.29 is 19.7 Å². The highest BCUT2D eigenvalue weighted by molar-refractivity contribution is 5.88. The molecule has 0 radical (unpaired) electrons. The summed E-state index contributed by atoms with van der Waals surface area (Å²) in [6.45, 7) is 0.402. The van der Waals surface area contributed by atoms with Crippen molar-refractivity contribution in [2.75, 3.05) is 0 Å². The SMILES string of the molecule is O=C(O)/C(O)=C/c1cc(OCc2ccccc2)ccn1. The first-order chi connectivity index (χ1) is 9.65. The van der Waals surface area contributed by atoms with Gasteiger partial charge < -0.3 is 14.9 Å². The summed E-state index contributed by atoms with van der Waals surface area (Å²) in [5, 5.41) is 17.7. The van der Waals surface area contributed by atoms with E-state index in [-0.39, 0.29) is 0 Å². The normalized spacial score (nSPS) is 11.1. The zero-order valence-corrected chi connectivity index (χ0v) is 10.6. The van der Waals surface area contributed by atoms with Gasteiger partial charge in [-0.3, -0.25) is 4.98 Å². The molecule has 0 fully saturated rings. The highest BCUT2D eigenvalue weighted by Gasteiger charge is 2.05. The van der Waals surface area contributed by atoms with E-state index in [0.717, 1.165) is 11.6 Å². The van der Waals surface area contributed by atoms with Gasteiger partial charge in [0.15, 0.2) is 0 Å². The van der Waals surface area contributed by atoms with Gasteiger partial charge in [-0.1, -0.05) is 30.3 Å². The number of benzene rings is 1. The van der Waals surface area contributed by atoms with Gasteiger partial charge in [0.25, 0.3) is 0 Å². The molecule has 5 heteroatoms. The molecule has 0 spiro atoms. The van der Waals surface area contributed by atoms with E-state index in [2.05, 4.69) is 4.98 Å². The van der Waals surface area contributed by atoms with Gasteiger partial charge in [-0.05, 0) is 11.6 Å². The topological polar surface area (TPSA) is 79.7 Å². The Bertz CT molecular complexity index is 623. The number of rotatable bonds is 5. The lowest BCUT2D eigenvalue weighted by Gasteiger charge is -2.06. The Morgan fingerprint density at radius 1 is 1.20 bits per heavy atom. The average molecular weight is 271 g/mol. The predicted octanol–water partition coefficient (Wildman–Crippen LogP) is 2.64. The molecule has 102 valence electrons. The van der Waals surface area contributed by atoms with Gasteiger partial charge in [-0.15, -0.1) is 0 Å². The van der Waals surface area contributed by atoms with E-state index in [1.165, 1.54) is 6.20 Å². The second-order valence-corrected chi connectivity index (χ2v) is 4.03. The maximum Gasteiger partial charge on any atom is 0.371 e. The number of ether oxygens (including phenoxy) is 1. The van der Waals surface area contributed by atoms with Crippen LogP contribution in [0, 0.1) is 0 Å². The Morgan fingerprint density at radius 3 is 2.65 bits per heavy atom. The van der Waals surface area contributed by atoms with Gasteiger partial charge in [0.2, 0.25) is 5.76 Å². The molecule has 1 aromatic heterocycles. The summed E-state index contributed by atoms with van der Waals surface area (Å²) in [6.07, 6.45) is 2.55. The minimum absolute atomic E-state index is 0.315. The van der Waals surface area contributed by atoms with Crippen molar-refractivity contribution in [2.24, 2.45) is 0 Å². The molecule has 0 saturated heterocycles. The number of nitrogens with zero attached hydrogens (tertiary/aromatic N) is 1. The van der Waals surface area contributed by atoms with Crippen molar-refractivity contribution in [1.82, 2.24) is 4.98 Å². The molecule has 0 aliphatic rings. The smallest absolute Gasteiger partial charge is 0.371 e. The first-order valence-corrected chi connectivity index (χ1v) is 5.92. The lowest BCUT2D eigenvalue weighted by molar-refractivity contribution is -0.135. The second kappa shape index (κ2) is 6.38. The fourth-order valence-corrected chi connectivity index (χ4v) is 1.54. The summed E-state index contributed by atoms with van der Waals surface area (Å²) >= 11 is 0. The monoisotopic (exact) mass is 271 g/mol. The number of aliphatic hydroxyl groups excluding tert-OH is 1. The molecule has 20 heavy (non-hydrogen) atoms. The number of aromatic nitrogens is 1. The Kier molecular flexibility index (Phi) is 4.34. The van der Waals surface area contributed by atoms with Crippen LogP contribution in [0.3, 0.4) is 0 Å². The van der Waals surface area contributed by atoms with E-state index in [0.29, 0.717) is 18.1 Å². The van der Waals surface area contributed by atoms with Gasteiger partial charge in [-0.25, -0.2) is 4.79 Å². The number of hydrogen-bond donors (Lipinski definition) is 2. The largest absolute Gasteiger partial charge is 0.502 e. The van der Waals surface area contributed by atoms with Crippen molar-refractivity contribution in [3.05, 3.63) is 65.7 Å². The van der Waals surface area contributed by atoms with E-state index in [1.54, 1.807) is 12.1 Å². The minimum atomic E-state index is -1.40. The van der Waals surface area contributed by atoms with E-state index >= 15 is 0 Å². The molecule has 2 N–H and O–H groups in total. The van der Waals surface area contributed by atoms with E-state index in [9.17, 15) is 4.79 Å². The van der Waals surface area contributed by atoms with Crippen molar-refractivity contribution in [2.45, 2.75) is 6.61 Å². The number of carboxylic acids is 1. The molecule has 0 atom stereocenters. The zero-order valence-electron chi connectivity index (χ0n) is 10.6. The molecule has 0 bridgehead atoms. The van der Waals surface area contributed by atoms with Gasteiger partial charge in [0.1, 0.15) is 12.4 Å². The van der Waals surface area contributed by atoms with Crippen molar-refractivity contribution in [3.63, 3.8) is 0 Å². The molecule has 0 saturated carbocycles. The van der Waals surface area contributed by atoms with Crippen LogP contribution in [0.4, 0.5) is 0 Å². The molecule has 1 aromatic carbocycles. The average Bonchev–Trinajstić information content (AvgIpc) is 2.46. The molecular weight excluding hydrogens is 258 g/mol. The molecule has 1 heterocycles. The number of aliphatic hydroxyl groups is 1. The van der Waals surface area contributed by atoms with Crippen LogP contribution in [-0.2, 0) is 11.4 Å². The summed E-state index contributed by atoms with van der Waals surface area (Å²) in [6, 6.07) is 12.9. The van der Waals surface area contributed by atoms with Crippen LogP contribution in [0.25, 0.3) is 6.08 Å². The third-order valence-electron chi connectivity index (χ3n) is 2.50. The number of pyridine rings is 1. The Morgan fingerprint density at radius 2 is 1.95 bits per heavy atom. The third kappa shape index (κ3) is 3.84. The molecule has 0 amide bonds. The maximum absolute atomic E-state index is 10.5. The number of aliphatic carboxylic acids is 1. The standard InChI is InChI=1S/C15H13NO4/c17-14(15(18)19)9-12-8-13(6-7-16-12)20-10-11-4-2-1-3-5-11/h1-9,17H,10H2,(H,18,19)/b14-9-. The van der Waals surface area contributed by atoms with Gasteiger partial charge in [0.05, 0.1) is 5.69 Å². The van der Waals surface area contributed by atoms with Crippen molar-refractivity contribution in [3.8, 4) is 5.75 Å². The van der Waals surface area contributed by atoms with Crippen LogP contribution in [0.1, 0.15) is 11.3 Å². The molecule has 2 rings (SSSR count). The molecule has 0 aliphatic carbocycles. The minimum Gasteiger partial charge on any atom is -0.502 e. The summed E-state index contributed by atoms with van der Waals surface area (Å²) in [7, 11) is 0. The summed E-state index contributed by atoms with van der Waals surface area (Å²) < 4.78 is 5.58. The van der Waals surface area contributed by atoms with E-state index in [4.69, 9.17) is 14.9 Å². The molecule has 0 unspecified atom stereocenters. The first-order valence-electron chi connectivity index (χ1n) is 5.92. The first kappa shape index (κ1) is 13.6. The lowest BCUT2D eigenvalue weighted by Crippen LogP contribution is -1.99. The molecule has 0 aliphatic heterocycles. The Hall–Kier alpha value is -2.82. The maximum atomic E-state index is 10.5.